The molecule has 2 fully saturated rings. The topological polar surface area (TPSA) is 82.1 Å². The second-order valence-corrected chi connectivity index (χ2v) is 9.19. The van der Waals surface area contributed by atoms with E-state index in [1.807, 2.05) is 12.1 Å². The SMILES string of the molecule is Fc1cc(-c2nnc(C(F)F)o2)ccc1Cn1cc(-c2ccc(CN3CC4(COC4)C3)cc2)nn1. The molecule has 6 rings (SSSR count). The highest BCUT2D eigenvalue weighted by Crippen LogP contribution is 2.38. The van der Waals surface area contributed by atoms with Crippen LogP contribution in [-0.4, -0.2) is 56.4 Å². The first kappa shape index (κ1) is 21.9. The van der Waals surface area contributed by atoms with E-state index in [0.717, 1.165) is 38.4 Å². The molecule has 11 heteroatoms. The number of likely N-dealkylation sites (tertiary alicyclic amines) is 1. The van der Waals surface area contributed by atoms with Gasteiger partial charge in [-0.1, -0.05) is 35.5 Å². The fourth-order valence-electron chi connectivity index (χ4n) is 4.56. The molecule has 4 aromatic rings. The van der Waals surface area contributed by atoms with E-state index >= 15 is 0 Å². The van der Waals surface area contributed by atoms with Gasteiger partial charge in [-0.2, -0.15) is 8.78 Å². The Labute approximate surface area is 198 Å². The smallest absolute Gasteiger partial charge is 0.314 e. The first-order valence-corrected chi connectivity index (χ1v) is 11.2. The maximum atomic E-state index is 14.7. The van der Waals surface area contributed by atoms with Gasteiger partial charge in [-0.05, 0) is 17.7 Å². The number of ether oxygens (including phenoxy) is 1. The van der Waals surface area contributed by atoms with Crippen LogP contribution in [0.1, 0.15) is 23.4 Å². The summed E-state index contributed by atoms with van der Waals surface area (Å²) in [7, 11) is 0. The van der Waals surface area contributed by atoms with Crippen LogP contribution >= 0.6 is 0 Å². The lowest BCUT2D eigenvalue weighted by molar-refractivity contribution is -0.191. The monoisotopic (exact) mass is 482 g/mol. The minimum atomic E-state index is -2.88. The molecule has 0 unspecified atom stereocenters. The highest BCUT2D eigenvalue weighted by atomic mass is 19.3. The molecular formula is C24H21F3N6O2. The van der Waals surface area contributed by atoms with Crippen molar-refractivity contribution in [3.05, 3.63) is 71.5 Å². The summed E-state index contributed by atoms with van der Waals surface area (Å²) in [6.07, 6.45) is -1.13. The summed E-state index contributed by atoms with van der Waals surface area (Å²) < 4.78 is 51.7. The van der Waals surface area contributed by atoms with Crippen LogP contribution in [0.5, 0.6) is 0 Å². The third-order valence-electron chi connectivity index (χ3n) is 6.39. The number of aromatic nitrogens is 5. The summed E-state index contributed by atoms with van der Waals surface area (Å²) in [4.78, 5) is 2.42. The van der Waals surface area contributed by atoms with Crippen LogP contribution in [0.25, 0.3) is 22.7 Å². The molecule has 2 aliphatic rings. The average Bonchev–Trinajstić information content (AvgIpc) is 3.47. The Kier molecular flexibility index (Phi) is 5.37. The highest BCUT2D eigenvalue weighted by molar-refractivity contribution is 5.58. The van der Waals surface area contributed by atoms with Crippen molar-refractivity contribution < 1.29 is 22.3 Å². The number of alkyl halides is 2. The summed E-state index contributed by atoms with van der Waals surface area (Å²) in [5.41, 5.74) is 3.84. The molecule has 0 saturated carbocycles. The highest BCUT2D eigenvalue weighted by Gasteiger charge is 2.48. The Balaban J connectivity index is 1.09. The van der Waals surface area contributed by atoms with E-state index in [4.69, 9.17) is 9.15 Å². The molecule has 0 amide bonds. The molecule has 1 spiro atoms. The summed E-state index contributed by atoms with van der Waals surface area (Å²) in [6, 6.07) is 12.4. The van der Waals surface area contributed by atoms with Gasteiger partial charge in [0.25, 0.3) is 5.89 Å². The second-order valence-electron chi connectivity index (χ2n) is 9.19. The molecule has 0 atom stereocenters. The van der Waals surface area contributed by atoms with Gasteiger partial charge in [0.1, 0.15) is 11.5 Å². The lowest BCUT2D eigenvalue weighted by atomic mass is 9.78. The van der Waals surface area contributed by atoms with Crippen LogP contribution in [0.15, 0.2) is 53.1 Å². The Hall–Kier alpha value is -3.57. The quantitative estimate of drug-likeness (QED) is 0.395. The van der Waals surface area contributed by atoms with E-state index < -0.39 is 18.1 Å². The van der Waals surface area contributed by atoms with Gasteiger partial charge in [0.05, 0.1) is 26.0 Å². The van der Waals surface area contributed by atoms with Crippen LogP contribution in [0.2, 0.25) is 0 Å². The van der Waals surface area contributed by atoms with Crippen molar-refractivity contribution >= 4 is 0 Å². The lowest BCUT2D eigenvalue weighted by Crippen LogP contribution is -2.65. The van der Waals surface area contributed by atoms with Gasteiger partial charge in [0.2, 0.25) is 5.89 Å². The maximum absolute atomic E-state index is 14.7. The zero-order valence-corrected chi connectivity index (χ0v) is 18.6. The normalized spacial score (nSPS) is 17.0. The van der Waals surface area contributed by atoms with Gasteiger partial charge in [0.15, 0.2) is 0 Å². The fourth-order valence-corrected chi connectivity index (χ4v) is 4.56. The molecule has 8 nitrogen and oxygen atoms in total. The molecule has 2 aliphatic heterocycles. The third kappa shape index (κ3) is 4.32. The van der Waals surface area contributed by atoms with Crippen molar-refractivity contribution in [1.29, 1.82) is 0 Å². The molecule has 0 N–H and O–H groups in total. The van der Waals surface area contributed by atoms with E-state index in [2.05, 4.69) is 37.5 Å². The predicted octanol–water partition coefficient (Wildman–Crippen LogP) is 3.95. The van der Waals surface area contributed by atoms with Gasteiger partial charge >= 0.3 is 6.43 Å². The number of rotatable bonds is 7. The Bertz CT molecular complexity index is 1340. The van der Waals surface area contributed by atoms with Gasteiger partial charge in [-0.25, -0.2) is 9.07 Å². The van der Waals surface area contributed by atoms with E-state index in [9.17, 15) is 13.2 Å². The van der Waals surface area contributed by atoms with Crippen molar-refractivity contribution in [2.75, 3.05) is 26.3 Å². The van der Waals surface area contributed by atoms with Crippen LogP contribution in [-0.2, 0) is 17.8 Å². The first-order valence-electron chi connectivity index (χ1n) is 11.2. The molecule has 35 heavy (non-hydrogen) atoms. The van der Waals surface area contributed by atoms with Gasteiger partial charge in [0, 0.05) is 41.7 Å². The maximum Gasteiger partial charge on any atom is 0.314 e. The molecule has 0 radical (unpaired) electrons. The number of hydrogen-bond acceptors (Lipinski definition) is 7. The van der Waals surface area contributed by atoms with E-state index in [-0.39, 0.29) is 18.0 Å². The van der Waals surface area contributed by atoms with E-state index in [1.54, 1.807) is 10.9 Å². The Morgan fingerprint density at radius 1 is 0.943 bits per heavy atom. The lowest BCUT2D eigenvalue weighted by Gasteiger charge is -2.55. The van der Waals surface area contributed by atoms with Crippen LogP contribution in [0, 0.1) is 11.2 Å². The summed E-state index contributed by atoms with van der Waals surface area (Å²) in [5, 5.41) is 15.1. The van der Waals surface area contributed by atoms with Gasteiger partial charge in [-0.15, -0.1) is 15.3 Å². The molecular weight excluding hydrogens is 461 g/mol. The zero-order valence-electron chi connectivity index (χ0n) is 18.6. The first-order chi connectivity index (χ1) is 17.0. The number of nitrogens with zero attached hydrogens (tertiary/aromatic N) is 6. The molecule has 2 aromatic heterocycles. The van der Waals surface area contributed by atoms with Gasteiger partial charge in [-0.3, -0.25) is 4.90 Å². The second kappa shape index (κ2) is 8.58. The third-order valence-corrected chi connectivity index (χ3v) is 6.39. The van der Waals surface area contributed by atoms with Crippen LogP contribution in [0.3, 0.4) is 0 Å². The molecule has 0 bridgehead atoms. The minimum Gasteiger partial charge on any atom is -0.415 e. The van der Waals surface area contributed by atoms with Gasteiger partial charge < -0.3 is 9.15 Å². The van der Waals surface area contributed by atoms with Crippen molar-refractivity contribution in [2.45, 2.75) is 19.5 Å². The molecule has 2 aromatic carbocycles. The number of benzene rings is 2. The summed E-state index contributed by atoms with van der Waals surface area (Å²) in [5.74, 6) is -1.50. The van der Waals surface area contributed by atoms with Crippen molar-refractivity contribution in [3.8, 4) is 22.7 Å². The molecule has 180 valence electrons. The standard InChI is InChI=1S/C24H21F3N6O2/c25-19-7-17(22-29-30-23(35-22)21(26)27)5-6-18(19)9-33-10-20(28-31-33)16-3-1-15(2-4-16)8-32-11-24(12-32)13-34-14-24/h1-7,10,21H,8-9,11-14H2. The fraction of sp³-hybridized carbons (Fsp3) is 0.333. The van der Waals surface area contributed by atoms with Crippen molar-refractivity contribution in [2.24, 2.45) is 5.41 Å². The molecule has 0 aliphatic carbocycles. The Morgan fingerprint density at radius 3 is 2.37 bits per heavy atom. The van der Waals surface area contributed by atoms with Crippen LogP contribution in [0.4, 0.5) is 13.2 Å². The number of halogens is 3. The largest absolute Gasteiger partial charge is 0.415 e. The summed E-state index contributed by atoms with van der Waals surface area (Å²) >= 11 is 0. The van der Waals surface area contributed by atoms with Crippen molar-refractivity contribution in [1.82, 2.24) is 30.1 Å². The predicted molar refractivity (Wildman–Crippen MR) is 118 cm³/mol. The van der Waals surface area contributed by atoms with E-state index in [0.29, 0.717) is 16.7 Å². The number of hydrogen-bond donors (Lipinski definition) is 0. The molecule has 4 heterocycles. The Morgan fingerprint density at radius 2 is 1.71 bits per heavy atom. The summed E-state index contributed by atoms with van der Waals surface area (Å²) in [6.45, 7) is 5.01. The average molecular weight is 482 g/mol. The van der Waals surface area contributed by atoms with E-state index in [1.165, 1.54) is 23.8 Å². The zero-order chi connectivity index (χ0) is 24.0. The molecule has 2 saturated heterocycles. The van der Waals surface area contributed by atoms with Crippen molar-refractivity contribution in [3.63, 3.8) is 0 Å². The minimum absolute atomic E-state index is 0.156. The van der Waals surface area contributed by atoms with Crippen LogP contribution < -0.4 is 0 Å².